The van der Waals surface area contributed by atoms with Crippen LogP contribution in [-0.4, -0.2) is 24.0 Å². The topological polar surface area (TPSA) is 58.6 Å². The molecular weight excluding hydrogens is 496 g/mol. The number of benzene rings is 2. The Hall–Kier alpha value is -2.03. The molecule has 1 aliphatic heterocycles. The van der Waals surface area contributed by atoms with E-state index in [4.69, 9.17) is 17.0 Å². The Labute approximate surface area is 178 Å². The highest BCUT2D eigenvalue weighted by atomic mass is 79.9. The second-order valence-corrected chi connectivity index (χ2v) is 7.94. The van der Waals surface area contributed by atoms with E-state index in [1.165, 1.54) is 11.0 Å². The van der Waals surface area contributed by atoms with Gasteiger partial charge >= 0.3 is 0 Å². The number of methoxy groups -OCH3 is 1. The maximum atomic E-state index is 13.1. The first kappa shape index (κ1) is 19.7. The van der Waals surface area contributed by atoms with Crippen molar-refractivity contribution in [3.8, 4) is 5.75 Å². The molecule has 0 aliphatic carbocycles. The van der Waals surface area contributed by atoms with Crippen molar-refractivity contribution < 1.29 is 14.3 Å². The second kappa shape index (κ2) is 7.92. The Morgan fingerprint density at radius 3 is 2.52 bits per heavy atom. The summed E-state index contributed by atoms with van der Waals surface area (Å²) in [7, 11) is 1.57. The molecule has 8 heteroatoms. The van der Waals surface area contributed by atoms with Gasteiger partial charge in [-0.15, -0.1) is 0 Å². The average Bonchev–Trinajstić information content (AvgIpc) is 2.60. The first-order valence-corrected chi connectivity index (χ1v) is 9.82. The summed E-state index contributed by atoms with van der Waals surface area (Å²) in [5, 5.41) is 2.65. The van der Waals surface area contributed by atoms with E-state index >= 15 is 0 Å². The molecule has 1 heterocycles. The van der Waals surface area contributed by atoms with E-state index < -0.39 is 11.8 Å². The molecular formula is C19H14Br2N2O3S. The molecule has 0 saturated carbocycles. The number of ether oxygens (including phenoxy) is 1. The SMILES string of the molecule is COc1ccc(/C=C2\C(=O)NC(=S)N(c3ccc(Br)cc3C)C2=O)cc1Br. The predicted molar refractivity (Wildman–Crippen MR) is 116 cm³/mol. The molecule has 1 aliphatic rings. The number of thiocarbonyl (C=S) groups is 1. The Balaban J connectivity index is 2.03. The Kier molecular flexibility index (Phi) is 5.78. The number of anilines is 1. The number of nitrogens with zero attached hydrogens (tertiary/aromatic N) is 1. The van der Waals surface area contributed by atoms with Crippen LogP contribution in [0.15, 0.2) is 50.9 Å². The molecule has 0 spiro atoms. The molecule has 0 radical (unpaired) electrons. The van der Waals surface area contributed by atoms with Crippen LogP contribution in [0.4, 0.5) is 5.69 Å². The van der Waals surface area contributed by atoms with Gasteiger partial charge in [0, 0.05) is 4.47 Å². The van der Waals surface area contributed by atoms with Gasteiger partial charge in [-0.1, -0.05) is 22.0 Å². The van der Waals surface area contributed by atoms with Crippen LogP contribution >= 0.6 is 44.1 Å². The number of halogens is 2. The van der Waals surface area contributed by atoms with Gasteiger partial charge in [0.2, 0.25) is 0 Å². The predicted octanol–water partition coefficient (Wildman–Crippen LogP) is 4.36. The number of rotatable bonds is 3. The van der Waals surface area contributed by atoms with Crippen molar-refractivity contribution in [2.24, 2.45) is 0 Å². The molecule has 138 valence electrons. The van der Waals surface area contributed by atoms with E-state index in [-0.39, 0.29) is 10.7 Å². The van der Waals surface area contributed by atoms with Crippen molar-refractivity contribution in [2.75, 3.05) is 12.0 Å². The van der Waals surface area contributed by atoms with Crippen molar-refractivity contribution >= 4 is 72.8 Å². The van der Waals surface area contributed by atoms with Crippen molar-refractivity contribution in [3.05, 3.63) is 62.0 Å². The Bertz CT molecular complexity index is 1000. The molecule has 1 saturated heterocycles. The lowest BCUT2D eigenvalue weighted by Crippen LogP contribution is -2.54. The monoisotopic (exact) mass is 508 g/mol. The normalized spacial score (nSPS) is 15.9. The van der Waals surface area contributed by atoms with E-state index in [1.54, 1.807) is 31.4 Å². The van der Waals surface area contributed by atoms with Crippen molar-refractivity contribution in [1.82, 2.24) is 5.32 Å². The van der Waals surface area contributed by atoms with E-state index in [0.717, 1.165) is 14.5 Å². The van der Waals surface area contributed by atoms with Gasteiger partial charge in [-0.2, -0.15) is 0 Å². The largest absolute Gasteiger partial charge is 0.496 e. The molecule has 2 aromatic rings. The Morgan fingerprint density at radius 1 is 1.15 bits per heavy atom. The third-order valence-electron chi connectivity index (χ3n) is 3.99. The summed E-state index contributed by atoms with van der Waals surface area (Å²) >= 11 is 12.0. The molecule has 5 nitrogen and oxygen atoms in total. The smallest absolute Gasteiger partial charge is 0.270 e. The lowest BCUT2D eigenvalue weighted by molar-refractivity contribution is -0.122. The zero-order valence-corrected chi connectivity index (χ0v) is 18.4. The fourth-order valence-corrected chi connectivity index (χ4v) is 3.99. The standard InChI is InChI=1S/C19H14Br2N2O3S/c1-10-7-12(20)4-5-15(10)23-18(25)13(17(24)22-19(23)27)8-11-3-6-16(26-2)14(21)9-11/h3-9H,1-2H3,(H,22,24,27)/b13-8+. The molecule has 0 aromatic heterocycles. The van der Waals surface area contributed by atoms with E-state index in [2.05, 4.69) is 37.2 Å². The van der Waals surface area contributed by atoms with Crippen LogP contribution in [-0.2, 0) is 9.59 Å². The first-order chi connectivity index (χ1) is 12.8. The fourth-order valence-electron chi connectivity index (χ4n) is 2.69. The van der Waals surface area contributed by atoms with Crippen LogP contribution in [0.2, 0.25) is 0 Å². The van der Waals surface area contributed by atoms with Gasteiger partial charge in [0.15, 0.2) is 5.11 Å². The summed E-state index contributed by atoms with van der Waals surface area (Å²) in [4.78, 5) is 26.8. The van der Waals surface area contributed by atoms with Crippen LogP contribution in [0.3, 0.4) is 0 Å². The molecule has 0 bridgehead atoms. The average molecular weight is 510 g/mol. The zero-order valence-electron chi connectivity index (χ0n) is 14.4. The lowest BCUT2D eigenvalue weighted by Gasteiger charge is -2.30. The summed E-state index contributed by atoms with van der Waals surface area (Å²) in [6.45, 7) is 1.87. The highest BCUT2D eigenvalue weighted by molar-refractivity contribution is 9.10. The number of aryl methyl sites for hydroxylation is 1. The number of amides is 2. The number of carbonyl (C=O) groups is 2. The number of hydrogen-bond acceptors (Lipinski definition) is 4. The first-order valence-electron chi connectivity index (χ1n) is 7.83. The highest BCUT2D eigenvalue weighted by Gasteiger charge is 2.35. The van der Waals surface area contributed by atoms with Gasteiger partial charge in [-0.25, -0.2) is 0 Å². The maximum Gasteiger partial charge on any atom is 0.270 e. The second-order valence-electron chi connectivity index (χ2n) is 5.78. The molecule has 2 aromatic carbocycles. The minimum Gasteiger partial charge on any atom is -0.496 e. The summed E-state index contributed by atoms with van der Waals surface area (Å²) in [5.74, 6) is -0.339. The van der Waals surface area contributed by atoms with Crippen LogP contribution in [0, 0.1) is 6.92 Å². The van der Waals surface area contributed by atoms with E-state index in [9.17, 15) is 9.59 Å². The van der Waals surface area contributed by atoms with Gasteiger partial charge in [-0.05, 0) is 82.6 Å². The molecule has 3 rings (SSSR count). The zero-order chi connectivity index (χ0) is 19.7. The number of hydrogen-bond donors (Lipinski definition) is 1. The quantitative estimate of drug-likeness (QED) is 0.379. The van der Waals surface area contributed by atoms with Gasteiger partial charge in [0.25, 0.3) is 11.8 Å². The highest BCUT2D eigenvalue weighted by Crippen LogP contribution is 2.29. The summed E-state index contributed by atoms with van der Waals surface area (Å²) in [5.41, 5.74) is 2.15. The van der Waals surface area contributed by atoms with Crippen LogP contribution in [0.1, 0.15) is 11.1 Å². The minimum atomic E-state index is -0.525. The molecule has 27 heavy (non-hydrogen) atoms. The molecule has 1 fully saturated rings. The minimum absolute atomic E-state index is 0.00276. The number of carbonyl (C=O) groups excluding carboxylic acids is 2. The van der Waals surface area contributed by atoms with E-state index in [0.29, 0.717) is 17.0 Å². The molecule has 0 unspecified atom stereocenters. The van der Waals surface area contributed by atoms with Crippen molar-refractivity contribution in [3.63, 3.8) is 0 Å². The van der Waals surface area contributed by atoms with Gasteiger partial charge < -0.3 is 4.74 Å². The molecule has 1 N–H and O–H groups in total. The maximum absolute atomic E-state index is 13.1. The van der Waals surface area contributed by atoms with Crippen LogP contribution in [0.5, 0.6) is 5.75 Å². The van der Waals surface area contributed by atoms with Crippen molar-refractivity contribution in [2.45, 2.75) is 6.92 Å². The van der Waals surface area contributed by atoms with E-state index in [1.807, 2.05) is 19.1 Å². The summed E-state index contributed by atoms with van der Waals surface area (Å²) in [6, 6.07) is 10.8. The molecule has 2 amide bonds. The summed E-state index contributed by atoms with van der Waals surface area (Å²) < 4.78 is 6.81. The third-order valence-corrected chi connectivity index (χ3v) is 5.39. The third kappa shape index (κ3) is 3.97. The summed E-state index contributed by atoms with van der Waals surface area (Å²) in [6.07, 6.45) is 1.53. The van der Waals surface area contributed by atoms with Gasteiger partial charge in [0.05, 0.1) is 17.3 Å². The number of nitrogens with one attached hydrogen (secondary N) is 1. The Morgan fingerprint density at radius 2 is 1.89 bits per heavy atom. The fraction of sp³-hybridized carbons (Fsp3) is 0.105. The lowest BCUT2D eigenvalue weighted by atomic mass is 10.1. The molecule has 0 atom stereocenters. The van der Waals surface area contributed by atoms with Crippen LogP contribution < -0.4 is 15.0 Å². The van der Waals surface area contributed by atoms with Crippen molar-refractivity contribution in [1.29, 1.82) is 0 Å². The van der Waals surface area contributed by atoms with Crippen LogP contribution in [0.25, 0.3) is 6.08 Å². The van der Waals surface area contributed by atoms with Gasteiger partial charge in [0.1, 0.15) is 11.3 Å². The van der Waals surface area contributed by atoms with Gasteiger partial charge in [-0.3, -0.25) is 19.8 Å².